The van der Waals surface area contributed by atoms with Gasteiger partial charge in [-0.15, -0.1) is 0 Å². The topological polar surface area (TPSA) is 51.7 Å². The Kier molecular flexibility index (Phi) is 4.97. The van der Waals surface area contributed by atoms with Crippen LogP contribution in [0.5, 0.6) is 0 Å². The molecule has 2 atom stereocenters. The van der Waals surface area contributed by atoms with Crippen LogP contribution in [0.4, 0.5) is 0 Å². The largest absolute Gasteiger partial charge is 0.381 e. The van der Waals surface area contributed by atoms with Gasteiger partial charge in [0.1, 0.15) is 0 Å². The molecule has 0 unspecified atom stereocenters. The number of aryl methyl sites for hydroxylation is 1. The zero-order valence-corrected chi connectivity index (χ0v) is 14.1. The van der Waals surface area contributed by atoms with E-state index in [4.69, 9.17) is 9.47 Å². The minimum absolute atomic E-state index is 0.0576. The second kappa shape index (κ2) is 6.97. The van der Waals surface area contributed by atoms with Crippen molar-refractivity contribution in [3.63, 3.8) is 0 Å². The van der Waals surface area contributed by atoms with Crippen molar-refractivity contribution in [1.82, 2.24) is 9.88 Å². The summed E-state index contributed by atoms with van der Waals surface area (Å²) in [5.41, 5.74) is 1.36. The lowest BCUT2D eigenvalue weighted by Crippen LogP contribution is -2.56. The number of hydrogen-bond donors (Lipinski definition) is 0. The molecule has 1 spiro atoms. The number of hydrogen-bond acceptors (Lipinski definition) is 4. The molecule has 1 aliphatic heterocycles. The first-order valence-electron chi connectivity index (χ1n) is 8.58. The first-order chi connectivity index (χ1) is 11.1. The predicted octanol–water partition coefficient (Wildman–Crippen LogP) is 2.44. The second-order valence-corrected chi connectivity index (χ2v) is 6.58. The molecule has 0 N–H and O–H groups in total. The molecule has 0 radical (unpaired) electrons. The first kappa shape index (κ1) is 16.4. The third-order valence-electron chi connectivity index (χ3n) is 5.07. The fourth-order valence-corrected chi connectivity index (χ4v) is 3.77. The van der Waals surface area contributed by atoms with E-state index in [0.29, 0.717) is 31.2 Å². The lowest BCUT2D eigenvalue weighted by atomic mass is 9.89. The van der Waals surface area contributed by atoms with Gasteiger partial charge in [0.2, 0.25) is 0 Å². The highest BCUT2D eigenvalue weighted by Crippen LogP contribution is 2.41. The lowest BCUT2D eigenvalue weighted by Gasteiger charge is -2.44. The number of aromatic nitrogens is 1. The van der Waals surface area contributed by atoms with E-state index in [0.717, 1.165) is 38.2 Å². The predicted molar refractivity (Wildman–Crippen MR) is 87.4 cm³/mol. The molecule has 0 aromatic carbocycles. The van der Waals surface area contributed by atoms with E-state index in [2.05, 4.69) is 4.98 Å². The maximum atomic E-state index is 12.8. The summed E-state index contributed by atoms with van der Waals surface area (Å²) >= 11 is 0. The molecule has 2 fully saturated rings. The third kappa shape index (κ3) is 3.40. The number of pyridine rings is 1. The number of carbonyl (C=O) groups is 1. The van der Waals surface area contributed by atoms with Crippen LogP contribution in [0.1, 0.15) is 42.2 Å². The Morgan fingerprint density at radius 3 is 3.13 bits per heavy atom. The Morgan fingerprint density at radius 1 is 1.52 bits per heavy atom. The molecular formula is C18H26N2O3. The summed E-state index contributed by atoms with van der Waals surface area (Å²) < 4.78 is 11.8. The van der Waals surface area contributed by atoms with E-state index < -0.39 is 0 Å². The number of rotatable bonds is 4. The standard InChI is InChI=1S/C18H26N2O3/c1-3-22-12-16-5-4-8-18(16)13-20(9-10-23-18)17(21)15-7-6-14(2)19-11-15/h6-7,11,16H,3-5,8-10,12-13H2,1-2H3/t16-,18-/m0/s1. The highest BCUT2D eigenvalue weighted by atomic mass is 16.5. The van der Waals surface area contributed by atoms with Crippen molar-refractivity contribution >= 4 is 5.91 Å². The van der Waals surface area contributed by atoms with E-state index in [1.807, 2.05) is 30.9 Å². The maximum absolute atomic E-state index is 12.8. The average molecular weight is 318 g/mol. The number of nitrogens with zero attached hydrogens (tertiary/aromatic N) is 2. The third-order valence-corrected chi connectivity index (χ3v) is 5.07. The van der Waals surface area contributed by atoms with Gasteiger partial charge in [-0.25, -0.2) is 0 Å². The molecule has 1 aliphatic carbocycles. The van der Waals surface area contributed by atoms with Crippen LogP contribution >= 0.6 is 0 Å². The van der Waals surface area contributed by atoms with Crippen LogP contribution in [0.3, 0.4) is 0 Å². The van der Waals surface area contributed by atoms with Crippen molar-refractivity contribution in [2.75, 3.05) is 32.9 Å². The Bertz CT molecular complexity index is 546. The van der Waals surface area contributed by atoms with Gasteiger partial charge >= 0.3 is 0 Å². The summed E-state index contributed by atoms with van der Waals surface area (Å²) in [5.74, 6) is 0.441. The van der Waals surface area contributed by atoms with Crippen LogP contribution in [0, 0.1) is 12.8 Å². The molecule has 1 aromatic rings. The van der Waals surface area contributed by atoms with Gasteiger partial charge in [0.05, 0.1) is 30.9 Å². The molecule has 1 aromatic heterocycles. The molecular weight excluding hydrogens is 292 g/mol. The van der Waals surface area contributed by atoms with Gasteiger partial charge in [-0.1, -0.05) is 6.42 Å². The summed E-state index contributed by atoms with van der Waals surface area (Å²) in [7, 11) is 0. The van der Waals surface area contributed by atoms with Crippen molar-refractivity contribution in [3.05, 3.63) is 29.6 Å². The quantitative estimate of drug-likeness (QED) is 0.855. The van der Waals surface area contributed by atoms with Crippen molar-refractivity contribution < 1.29 is 14.3 Å². The molecule has 5 heteroatoms. The van der Waals surface area contributed by atoms with Crippen molar-refractivity contribution in [2.24, 2.45) is 5.92 Å². The smallest absolute Gasteiger partial charge is 0.255 e. The number of amides is 1. The Balaban J connectivity index is 1.72. The van der Waals surface area contributed by atoms with Crippen LogP contribution in [-0.2, 0) is 9.47 Å². The number of carbonyl (C=O) groups excluding carboxylic acids is 1. The molecule has 1 saturated heterocycles. The van der Waals surface area contributed by atoms with E-state index >= 15 is 0 Å². The van der Waals surface area contributed by atoms with Gasteiger partial charge in [0.25, 0.3) is 5.91 Å². The number of morpholine rings is 1. The maximum Gasteiger partial charge on any atom is 0.255 e. The minimum Gasteiger partial charge on any atom is -0.381 e. The van der Waals surface area contributed by atoms with Gasteiger partial charge in [-0.3, -0.25) is 9.78 Å². The summed E-state index contributed by atoms with van der Waals surface area (Å²) in [5, 5.41) is 0. The lowest BCUT2D eigenvalue weighted by molar-refractivity contribution is -0.132. The van der Waals surface area contributed by atoms with Gasteiger partial charge in [0, 0.05) is 31.0 Å². The van der Waals surface area contributed by atoms with E-state index in [1.165, 1.54) is 0 Å². The fraction of sp³-hybridized carbons (Fsp3) is 0.667. The Morgan fingerprint density at radius 2 is 2.39 bits per heavy atom. The molecule has 3 rings (SSSR count). The molecule has 23 heavy (non-hydrogen) atoms. The summed E-state index contributed by atoms with van der Waals surface area (Å²) in [6.07, 6.45) is 4.95. The summed E-state index contributed by atoms with van der Waals surface area (Å²) in [6.45, 7) is 7.31. The molecule has 2 aliphatic rings. The highest BCUT2D eigenvalue weighted by Gasteiger charge is 2.47. The van der Waals surface area contributed by atoms with Crippen LogP contribution < -0.4 is 0 Å². The monoisotopic (exact) mass is 318 g/mol. The number of ether oxygens (including phenoxy) is 2. The van der Waals surface area contributed by atoms with E-state index in [1.54, 1.807) is 6.20 Å². The van der Waals surface area contributed by atoms with Gasteiger partial charge in [0.15, 0.2) is 0 Å². The summed E-state index contributed by atoms with van der Waals surface area (Å²) in [6, 6.07) is 3.75. The van der Waals surface area contributed by atoms with Crippen molar-refractivity contribution in [1.29, 1.82) is 0 Å². The molecule has 2 heterocycles. The molecule has 0 bridgehead atoms. The average Bonchev–Trinajstić information content (AvgIpc) is 2.94. The van der Waals surface area contributed by atoms with Crippen LogP contribution in [0.2, 0.25) is 0 Å². The SMILES string of the molecule is CCOC[C@@H]1CCC[C@]12CN(C(=O)c1ccc(C)nc1)CCO2. The van der Waals surface area contributed by atoms with Gasteiger partial charge in [-0.2, -0.15) is 0 Å². The highest BCUT2D eigenvalue weighted by molar-refractivity contribution is 5.94. The molecule has 126 valence electrons. The van der Waals surface area contributed by atoms with Crippen molar-refractivity contribution in [3.8, 4) is 0 Å². The van der Waals surface area contributed by atoms with Crippen molar-refractivity contribution in [2.45, 2.75) is 38.7 Å². The zero-order chi connectivity index (χ0) is 16.3. The van der Waals surface area contributed by atoms with Crippen LogP contribution in [-0.4, -0.2) is 54.3 Å². The van der Waals surface area contributed by atoms with Crippen LogP contribution in [0.25, 0.3) is 0 Å². The first-order valence-corrected chi connectivity index (χ1v) is 8.58. The van der Waals surface area contributed by atoms with Gasteiger partial charge < -0.3 is 14.4 Å². The second-order valence-electron chi connectivity index (χ2n) is 6.58. The Labute approximate surface area is 138 Å². The van der Waals surface area contributed by atoms with Gasteiger partial charge in [-0.05, 0) is 38.8 Å². The van der Waals surface area contributed by atoms with E-state index in [9.17, 15) is 4.79 Å². The molecule has 1 saturated carbocycles. The normalized spacial score (nSPS) is 27.6. The molecule has 5 nitrogen and oxygen atoms in total. The van der Waals surface area contributed by atoms with Crippen LogP contribution in [0.15, 0.2) is 18.3 Å². The molecule has 1 amide bonds. The fourth-order valence-electron chi connectivity index (χ4n) is 3.77. The minimum atomic E-state index is -0.221. The zero-order valence-electron chi connectivity index (χ0n) is 14.1. The summed E-state index contributed by atoms with van der Waals surface area (Å²) in [4.78, 5) is 18.9. The van der Waals surface area contributed by atoms with E-state index in [-0.39, 0.29) is 11.5 Å². The Hall–Kier alpha value is -1.46.